The molecule has 0 spiro atoms. The van der Waals surface area contributed by atoms with Gasteiger partial charge in [0.15, 0.2) is 4.90 Å². The highest BCUT2D eigenvalue weighted by atomic mass is 32.2. The van der Waals surface area contributed by atoms with Crippen molar-refractivity contribution in [3.63, 3.8) is 0 Å². The van der Waals surface area contributed by atoms with E-state index >= 15 is 0 Å². The predicted molar refractivity (Wildman–Crippen MR) is 106 cm³/mol. The number of nitrogens with one attached hydrogen (secondary N) is 1. The molecule has 0 aromatic heterocycles. The van der Waals surface area contributed by atoms with Crippen molar-refractivity contribution >= 4 is 26.5 Å². The van der Waals surface area contributed by atoms with Crippen molar-refractivity contribution in [2.75, 3.05) is 13.2 Å². The van der Waals surface area contributed by atoms with Crippen LogP contribution in [0, 0.1) is 22.0 Å². The second kappa shape index (κ2) is 8.52. The Morgan fingerprint density at radius 3 is 2.50 bits per heavy atom. The maximum Gasteiger partial charge on any atom is 0.289 e. The van der Waals surface area contributed by atoms with Gasteiger partial charge >= 0.3 is 0 Å². The van der Waals surface area contributed by atoms with Crippen molar-refractivity contribution in [1.29, 1.82) is 0 Å². The number of rotatable bonds is 6. The standard InChI is InChI=1S/C20H16N2O5S/c23-22(24)18-11-3-4-13-20(18)28(25,26)21-14-5-6-15-27-19-12-7-9-16-8-1-2-10-17(16)19/h1-4,7-13,21H,14-15H2. The quantitative estimate of drug-likeness (QED) is 0.392. The molecule has 0 radical (unpaired) electrons. The fraction of sp³-hybridized carbons (Fsp3) is 0.100. The SMILES string of the molecule is O=[N+]([O-])c1ccccc1S(=O)(=O)NCC#CCOc1cccc2ccccc12. The van der Waals surface area contributed by atoms with E-state index in [1.165, 1.54) is 18.2 Å². The number of benzene rings is 3. The molecule has 0 heterocycles. The molecule has 142 valence electrons. The molecule has 1 N–H and O–H groups in total. The van der Waals surface area contributed by atoms with E-state index in [2.05, 4.69) is 16.6 Å². The van der Waals surface area contributed by atoms with Crippen molar-refractivity contribution in [2.24, 2.45) is 0 Å². The summed E-state index contributed by atoms with van der Waals surface area (Å²) in [5, 5.41) is 13.0. The third-order valence-electron chi connectivity index (χ3n) is 3.88. The summed E-state index contributed by atoms with van der Waals surface area (Å²) in [5.74, 6) is 6.06. The average molecular weight is 396 g/mol. The number of hydrogen-bond acceptors (Lipinski definition) is 5. The van der Waals surface area contributed by atoms with Crippen LogP contribution in [0.5, 0.6) is 5.75 Å². The molecular formula is C20H16N2O5S. The van der Waals surface area contributed by atoms with Gasteiger partial charge in [0.25, 0.3) is 5.69 Å². The summed E-state index contributed by atoms with van der Waals surface area (Å²) >= 11 is 0. The van der Waals surface area contributed by atoms with Gasteiger partial charge in [-0.15, -0.1) is 0 Å². The summed E-state index contributed by atoms with van der Waals surface area (Å²) in [4.78, 5) is 9.85. The molecule has 0 saturated heterocycles. The van der Waals surface area contributed by atoms with E-state index in [-0.39, 0.29) is 13.2 Å². The van der Waals surface area contributed by atoms with Crippen molar-refractivity contribution < 1.29 is 18.1 Å². The van der Waals surface area contributed by atoms with Crippen LogP contribution in [0.4, 0.5) is 5.69 Å². The molecule has 0 aliphatic heterocycles. The number of fused-ring (bicyclic) bond motifs is 1. The van der Waals surface area contributed by atoms with Gasteiger partial charge in [-0.25, -0.2) is 8.42 Å². The van der Waals surface area contributed by atoms with Crippen molar-refractivity contribution in [3.05, 3.63) is 76.8 Å². The minimum atomic E-state index is -4.04. The first-order chi connectivity index (χ1) is 13.5. The van der Waals surface area contributed by atoms with E-state index < -0.39 is 25.5 Å². The van der Waals surface area contributed by atoms with Gasteiger partial charge in [0.1, 0.15) is 12.4 Å². The molecule has 28 heavy (non-hydrogen) atoms. The predicted octanol–water partition coefficient (Wildman–Crippen LogP) is 3.11. The van der Waals surface area contributed by atoms with E-state index in [1.807, 2.05) is 42.5 Å². The first kappa shape index (κ1) is 19.4. The lowest BCUT2D eigenvalue weighted by molar-refractivity contribution is -0.387. The number of nitro groups is 1. The molecule has 0 bridgehead atoms. The van der Waals surface area contributed by atoms with Gasteiger partial charge < -0.3 is 4.74 Å². The van der Waals surface area contributed by atoms with Crippen molar-refractivity contribution in [3.8, 4) is 17.6 Å². The van der Waals surface area contributed by atoms with E-state index in [0.717, 1.165) is 16.8 Å². The van der Waals surface area contributed by atoms with Gasteiger partial charge in [-0.2, -0.15) is 4.72 Å². The highest BCUT2D eigenvalue weighted by molar-refractivity contribution is 7.89. The molecule has 8 heteroatoms. The summed E-state index contributed by atoms with van der Waals surface area (Å²) in [6.07, 6.45) is 0. The van der Waals surface area contributed by atoms with Crippen LogP contribution in [-0.2, 0) is 10.0 Å². The molecule has 0 aliphatic rings. The zero-order chi connectivity index (χ0) is 20.0. The number of hydrogen-bond donors (Lipinski definition) is 1. The third-order valence-corrected chi connectivity index (χ3v) is 5.33. The van der Waals surface area contributed by atoms with Crippen molar-refractivity contribution in [1.82, 2.24) is 4.72 Å². The van der Waals surface area contributed by atoms with Crippen LogP contribution in [0.15, 0.2) is 71.6 Å². The van der Waals surface area contributed by atoms with Crippen molar-refractivity contribution in [2.45, 2.75) is 4.90 Å². The second-order valence-corrected chi connectivity index (χ2v) is 7.40. The summed E-state index contributed by atoms with van der Waals surface area (Å²) in [7, 11) is -4.04. The first-order valence-electron chi connectivity index (χ1n) is 8.28. The van der Waals surface area contributed by atoms with E-state index in [1.54, 1.807) is 0 Å². The number of nitrogens with zero attached hydrogens (tertiary/aromatic N) is 1. The van der Waals surface area contributed by atoms with Crippen LogP contribution in [0.1, 0.15) is 0 Å². The van der Waals surface area contributed by atoms with Gasteiger partial charge in [-0.1, -0.05) is 60.4 Å². The Morgan fingerprint density at radius 1 is 0.964 bits per heavy atom. The fourth-order valence-corrected chi connectivity index (χ4v) is 3.69. The molecule has 7 nitrogen and oxygen atoms in total. The maximum atomic E-state index is 12.2. The lowest BCUT2D eigenvalue weighted by Gasteiger charge is -2.06. The van der Waals surface area contributed by atoms with Crippen LogP contribution in [0.25, 0.3) is 10.8 Å². The number of para-hydroxylation sites is 1. The number of ether oxygens (including phenoxy) is 1. The Balaban J connectivity index is 1.60. The number of nitro benzene ring substituents is 1. The van der Waals surface area contributed by atoms with Crippen LogP contribution in [-0.4, -0.2) is 26.5 Å². The monoisotopic (exact) mass is 396 g/mol. The zero-order valence-electron chi connectivity index (χ0n) is 14.7. The molecule has 0 saturated carbocycles. The Bertz CT molecular complexity index is 1170. The minimum absolute atomic E-state index is 0.0845. The van der Waals surface area contributed by atoms with Gasteiger partial charge in [0.2, 0.25) is 10.0 Å². The topological polar surface area (TPSA) is 98.5 Å². The van der Waals surface area contributed by atoms with E-state index in [4.69, 9.17) is 4.74 Å². The molecule has 0 amide bonds. The van der Waals surface area contributed by atoms with Gasteiger partial charge in [-0.3, -0.25) is 10.1 Å². The summed E-state index contributed by atoms with van der Waals surface area (Å²) in [6.45, 7) is -0.103. The molecule has 0 aliphatic carbocycles. The normalized spacial score (nSPS) is 10.9. The summed E-state index contributed by atoms with van der Waals surface area (Å²) < 4.78 is 32.4. The molecule has 0 atom stereocenters. The van der Waals surface area contributed by atoms with Crippen LogP contribution >= 0.6 is 0 Å². The smallest absolute Gasteiger partial charge is 0.289 e. The average Bonchev–Trinajstić information content (AvgIpc) is 2.70. The maximum absolute atomic E-state index is 12.2. The Kier molecular flexibility index (Phi) is 5.89. The summed E-state index contributed by atoms with van der Waals surface area (Å²) in [6, 6.07) is 18.6. The first-order valence-corrected chi connectivity index (χ1v) is 9.77. The fourth-order valence-electron chi connectivity index (χ4n) is 2.59. The highest BCUT2D eigenvalue weighted by Crippen LogP contribution is 2.25. The van der Waals surface area contributed by atoms with Gasteiger partial charge in [0, 0.05) is 11.5 Å². The van der Waals surface area contributed by atoms with Gasteiger partial charge in [0.05, 0.1) is 11.5 Å². The molecule has 0 unspecified atom stereocenters. The third kappa shape index (κ3) is 4.46. The van der Waals surface area contributed by atoms with Crippen LogP contribution in [0.3, 0.4) is 0 Å². The van der Waals surface area contributed by atoms with E-state index in [0.29, 0.717) is 5.75 Å². The lowest BCUT2D eigenvalue weighted by Crippen LogP contribution is -2.24. The van der Waals surface area contributed by atoms with Crippen LogP contribution < -0.4 is 9.46 Å². The van der Waals surface area contributed by atoms with Gasteiger partial charge in [-0.05, 0) is 17.5 Å². The van der Waals surface area contributed by atoms with Crippen LogP contribution in [0.2, 0.25) is 0 Å². The molecular weight excluding hydrogens is 380 g/mol. The highest BCUT2D eigenvalue weighted by Gasteiger charge is 2.24. The summed E-state index contributed by atoms with van der Waals surface area (Å²) in [5.41, 5.74) is -0.484. The Hall–Kier alpha value is -3.41. The molecule has 3 aromatic rings. The minimum Gasteiger partial charge on any atom is -0.480 e. The zero-order valence-corrected chi connectivity index (χ0v) is 15.5. The number of sulfonamides is 1. The Morgan fingerprint density at radius 2 is 1.68 bits per heavy atom. The Labute approximate surface area is 162 Å². The molecule has 3 aromatic carbocycles. The second-order valence-electron chi connectivity index (χ2n) is 5.67. The largest absolute Gasteiger partial charge is 0.480 e. The molecule has 3 rings (SSSR count). The molecule has 0 fully saturated rings. The van der Waals surface area contributed by atoms with E-state index in [9.17, 15) is 18.5 Å². The lowest BCUT2D eigenvalue weighted by atomic mass is 10.1.